The number of aliphatic imine (C=N–C) groups is 1. The molecule has 0 saturated carbocycles. The third-order valence-electron chi connectivity index (χ3n) is 5.02. The molecule has 0 aliphatic carbocycles. The van der Waals surface area contributed by atoms with E-state index in [9.17, 15) is 9.90 Å². The van der Waals surface area contributed by atoms with Crippen molar-refractivity contribution in [1.29, 1.82) is 0 Å². The van der Waals surface area contributed by atoms with Crippen LogP contribution in [-0.2, 0) is 9.53 Å². The zero-order valence-electron chi connectivity index (χ0n) is 16.2. The molecule has 29 heavy (non-hydrogen) atoms. The summed E-state index contributed by atoms with van der Waals surface area (Å²) in [5, 5.41) is 16.4. The largest absolute Gasteiger partial charge is 0.545 e. The first-order valence-corrected chi connectivity index (χ1v) is 11.6. The Morgan fingerprint density at radius 1 is 1.31 bits per heavy atom. The molecule has 0 aromatic heterocycles. The highest BCUT2D eigenvalue weighted by Gasteiger charge is 2.27. The Morgan fingerprint density at radius 3 is 2.72 bits per heavy atom. The monoisotopic (exact) mass is 456 g/mol. The fraction of sp³-hybridized carbons (Fsp3) is 0.500. The number of carboxylic acids is 1. The van der Waals surface area contributed by atoms with Crippen molar-refractivity contribution in [2.45, 2.75) is 25.3 Å². The number of rotatable bonds is 7. The van der Waals surface area contributed by atoms with Crippen molar-refractivity contribution in [1.82, 2.24) is 10.2 Å². The summed E-state index contributed by atoms with van der Waals surface area (Å²) in [7, 11) is 0. The van der Waals surface area contributed by atoms with Crippen LogP contribution in [0.25, 0.3) is 0 Å². The Bertz CT molecular complexity index is 810. The van der Waals surface area contributed by atoms with Crippen LogP contribution in [0.3, 0.4) is 0 Å². The summed E-state index contributed by atoms with van der Waals surface area (Å²) < 4.78 is 5.81. The molecule has 9 heteroatoms. The maximum Gasteiger partial charge on any atom is 0.161 e. The van der Waals surface area contributed by atoms with Gasteiger partial charge in [-0.1, -0.05) is 47.5 Å². The zero-order chi connectivity index (χ0) is 20.8. The molecule has 2 aliphatic rings. The second-order valence-corrected chi connectivity index (χ2v) is 8.58. The second kappa shape index (κ2) is 10.7. The van der Waals surface area contributed by atoms with Gasteiger partial charge in [-0.15, -0.1) is 0 Å². The number of hydrogen-bond acceptors (Lipinski definition) is 7. The molecule has 1 atom stereocenters. The van der Waals surface area contributed by atoms with Gasteiger partial charge in [-0.3, -0.25) is 0 Å². The number of carbonyl (C=O) groups excluding carboxylic acids is 1. The number of nitrogens with zero attached hydrogens (tertiary/aromatic N) is 2. The first-order valence-electron chi connectivity index (χ1n) is 9.58. The van der Waals surface area contributed by atoms with Gasteiger partial charge in [-0.2, -0.15) is 0 Å². The van der Waals surface area contributed by atoms with E-state index in [4.69, 9.17) is 27.9 Å². The minimum atomic E-state index is -1.29. The molecule has 2 aliphatic heterocycles. The quantitative estimate of drug-likeness (QED) is 0.635. The van der Waals surface area contributed by atoms with Crippen LogP contribution in [0, 0.1) is 0 Å². The van der Waals surface area contributed by atoms with E-state index < -0.39 is 12.0 Å². The SMILES string of the molecule is CSC1=NC(c2ccc(Cl)c(Cl)c2)C(C(=O)[O-])=C(COCCN2CCCCC2)N1. The van der Waals surface area contributed by atoms with Crippen molar-refractivity contribution in [3.8, 4) is 0 Å². The summed E-state index contributed by atoms with van der Waals surface area (Å²) in [6, 6.07) is 4.26. The van der Waals surface area contributed by atoms with E-state index in [0.29, 0.717) is 33.1 Å². The van der Waals surface area contributed by atoms with Crippen LogP contribution in [-0.4, -0.2) is 55.1 Å². The van der Waals surface area contributed by atoms with E-state index in [2.05, 4.69) is 15.2 Å². The Labute approximate surface area is 185 Å². The lowest BCUT2D eigenvalue weighted by Crippen LogP contribution is -2.38. The van der Waals surface area contributed by atoms with Crippen LogP contribution in [0.4, 0.5) is 0 Å². The summed E-state index contributed by atoms with van der Waals surface area (Å²) in [5.74, 6) is -1.29. The van der Waals surface area contributed by atoms with Crippen LogP contribution >= 0.6 is 35.0 Å². The Balaban J connectivity index is 1.76. The fourth-order valence-electron chi connectivity index (χ4n) is 3.50. The maximum atomic E-state index is 12.0. The van der Waals surface area contributed by atoms with Gasteiger partial charge in [0.1, 0.15) is 6.04 Å². The standard InChI is InChI=1S/C20H25Cl2N3O3S/c1-29-20-23-16(12-28-10-9-25-7-3-2-4-8-25)17(19(26)27)18(24-20)13-5-6-14(21)15(22)11-13/h5-6,11,18H,2-4,7-10,12H2,1H3,(H,23,24)(H,26,27)/p-1. The average molecular weight is 457 g/mol. The predicted octanol–water partition coefficient (Wildman–Crippen LogP) is 2.86. The molecule has 1 saturated heterocycles. The third-order valence-corrected chi connectivity index (χ3v) is 6.36. The highest BCUT2D eigenvalue weighted by atomic mass is 35.5. The van der Waals surface area contributed by atoms with E-state index in [1.807, 2.05) is 6.26 Å². The number of carboxylic acid groups (broad SMARTS) is 1. The molecular weight excluding hydrogens is 433 g/mol. The van der Waals surface area contributed by atoms with Crippen molar-refractivity contribution in [3.05, 3.63) is 45.1 Å². The minimum absolute atomic E-state index is 0.0548. The number of hydrogen-bond donors (Lipinski definition) is 1. The Morgan fingerprint density at radius 2 is 2.07 bits per heavy atom. The molecule has 1 N–H and O–H groups in total. The summed E-state index contributed by atoms with van der Waals surface area (Å²) in [6.07, 6.45) is 5.60. The van der Waals surface area contributed by atoms with Crippen LogP contribution in [0.5, 0.6) is 0 Å². The lowest BCUT2D eigenvalue weighted by molar-refractivity contribution is -0.299. The number of carbonyl (C=O) groups is 1. The first-order chi connectivity index (χ1) is 14.0. The smallest absolute Gasteiger partial charge is 0.161 e. The molecule has 0 amide bonds. The minimum Gasteiger partial charge on any atom is -0.545 e. The van der Waals surface area contributed by atoms with Gasteiger partial charge in [-0.25, -0.2) is 4.99 Å². The number of amidine groups is 1. The van der Waals surface area contributed by atoms with Gasteiger partial charge in [0.25, 0.3) is 0 Å². The Kier molecular flexibility index (Phi) is 8.26. The highest BCUT2D eigenvalue weighted by Crippen LogP contribution is 2.34. The van der Waals surface area contributed by atoms with Gasteiger partial charge >= 0.3 is 0 Å². The van der Waals surface area contributed by atoms with E-state index in [-0.39, 0.29) is 12.2 Å². The summed E-state index contributed by atoms with van der Waals surface area (Å²) in [4.78, 5) is 18.9. The summed E-state index contributed by atoms with van der Waals surface area (Å²) >= 11 is 13.5. The van der Waals surface area contributed by atoms with Crippen molar-refractivity contribution in [3.63, 3.8) is 0 Å². The maximum absolute atomic E-state index is 12.0. The molecule has 158 valence electrons. The molecular formula is C20H24Cl2N3O3S-. The number of ether oxygens (including phenoxy) is 1. The van der Waals surface area contributed by atoms with Crippen LogP contribution in [0.15, 0.2) is 34.5 Å². The number of nitrogens with one attached hydrogen (secondary N) is 1. The molecule has 2 heterocycles. The van der Waals surface area contributed by atoms with E-state index in [1.54, 1.807) is 18.2 Å². The van der Waals surface area contributed by atoms with Gasteiger partial charge in [-0.05, 0) is 49.9 Å². The molecule has 1 unspecified atom stereocenters. The predicted molar refractivity (Wildman–Crippen MR) is 116 cm³/mol. The van der Waals surface area contributed by atoms with E-state index in [0.717, 1.165) is 19.6 Å². The highest BCUT2D eigenvalue weighted by molar-refractivity contribution is 8.13. The average Bonchev–Trinajstić information content (AvgIpc) is 2.73. The normalized spacial score (nSPS) is 20.4. The third kappa shape index (κ3) is 5.89. The number of likely N-dealkylation sites (tertiary alicyclic amines) is 1. The number of piperidine rings is 1. The number of halogens is 2. The van der Waals surface area contributed by atoms with Gasteiger partial charge in [0.15, 0.2) is 5.17 Å². The van der Waals surface area contributed by atoms with Crippen LogP contribution in [0.2, 0.25) is 10.0 Å². The second-order valence-electron chi connectivity index (χ2n) is 6.97. The lowest BCUT2D eigenvalue weighted by atomic mass is 9.96. The molecule has 0 bridgehead atoms. The van der Waals surface area contributed by atoms with Gasteiger partial charge in [0.2, 0.25) is 0 Å². The molecule has 0 spiro atoms. The molecule has 1 aromatic carbocycles. The molecule has 6 nitrogen and oxygen atoms in total. The van der Waals surface area contributed by atoms with Gasteiger partial charge in [0, 0.05) is 12.1 Å². The van der Waals surface area contributed by atoms with Crippen molar-refractivity contribution < 1.29 is 14.6 Å². The number of aliphatic carboxylic acids is 1. The van der Waals surface area contributed by atoms with E-state index >= 15 is 0 Å². The summed E-state index contributed by atoms with van der Waals surface area (Å²) in [5.41, 5.74) is 1.15. The van der Waals surface area contributed by atoms with E-state index in [1.165, 1.54) is 31.0 Å². The molecule has 1 aromatic rings. The van der Waals surface area contributed by atoms with Crippen molar-refractivity contribution in [2.75, 3.05) is 39.1 Å². The lowest BCUT2D eigenvalue weighted by Gasteiger charge is -2.29. The topological polar surface area (TPSA) is 77.0 Å². The van der Waals surface area contributed by atoms with Crippen LogP contribution in [0.1, 0.15) is 30.9 Å². The summed E-state index contributed by atoms with van der Waals surface area (Å²) in [6.45, 7) is 3.71. The van der Waals surface area contributed by atoms with Gasteiger partial charge < -0.3 is 24.9 Å². The first kappa shape index (κ1) is 22.4. The van der Waals surface area contributed by atoms with Gasteiger partial charge in [0.05, 0.1) is 34.9 Å². The Hall–Kier alpha value is -1.25. The molecule has 0 radical (unpaired) electrons. The fourth-order valence-corrected chi connectivity index (χ4v) is 4.25. The zero-order valence-corrected chi connectivity index (χ0v) is 18.6. The number of thioether (sulfide) groups is 1. The van der Waals surface area contributed by atoms with Crippen LogP contribution < -0.4 is 10.4 Å². The van der Waals surface area contributed by atoms with Crippen molar-refractivity contribution in [2.24, 2.45) is 4.99 Å². The molecule has 1 fully saturated rings. The van der Waals surface area contributed by atoms with Crippen molar-refractivity contribution >= 4 is 46.1 Å². The molecule has 3 rings (SSSR count). The number of benzene rings is 1.